The van der Waals surface area contributed by atoms with Crippen molar-refractivity contribution >= 4 is 11.8 Å². The van der Waals surface area contributed by atoms with Gasteiger partial charge in [0.1, 0.15) is 5.75 Å². The standard InChI is InChI=1S/C25H30N2O3/c1-16-13-17(2)15-27(14-16)25(29)22-20-7-5-6-8-21(20)24(28)26(3)23(22)18-9-11-19(30-4)12-10-18/h5-12,16-17,22-23H,13-15H2,1-4H3/t16-,17+,22-,23-/m1/s1. The van der Waals surface area contributed by atoms with Gasteiger partial charge in [-0.3, -0.25) is 9.59 Å². The van der Waals surface area contributed by atoms with Crippen molar-refractivity contribution in [3.05, 3.63) is 65.2 Å². The Morgan fingerprint density at radius 3 is 2.27 bits per heavy atom. The number of hydrogen-bond acceptors (Lipinski definition) is 3. The number of fused-ring (bicyclic) bond motifs is 1. The lowest BCUT2D eigenvalue weighted by atomic mass is 9.78. The third-order valence-corrected chi connectivity index (χ3v) is 6.48. The highest BCUT2D eigenvalue weighted by molar-refractivity contribution is 6.01. The third-order valence-electron chi connectivity index (χ3n) is 6.48. The first-order valence-corrected chi connectivity index (χ1v) is 10.7. The van der Waals surface area contributed by atoms with Gasteiger partial charge >= 0.3 is 0 Å². The van der Waals surface area contributed by atoms with Crippen LogP contribution in [0.1, 0.15) is 53.7 Å². The molecular formula is C25H30N2O3. The van der Waals surface area contributed by atoms with E-state index in [1.54, 1.807) is 19.1 Å². The molecule has 2 heterocycles. The van der Waals surface area contributed by atoms with E-state index < -0.39 is 5.92 Å². The Balaban J connectivity index is 1.80. The monoisotopic (exact) mass is 406 g/mol. The Morgan fingerprint density at radius 1 is 1.00 bits per heavy atom. The lowest BCUT2D eigenvalue weighted by molar-refractivity contribution is -0.137. The fourth-order valence-corrected chi connectivity index (χ4v) is 5.20. The predicted octanol–water partition coefficient (Wildman–Crippen LogP) is 4.11. The number of likely N-dealkylation sites (tertiary alicyclic amines) is 1. The average Bonchev–Trinajstić information content (AvgIpc) is 2.75. The van der Waals surface area contributed by atoms with Crippen LogP contribution in [0, 0.1) is 11.8 Å². The first kappa shape index (κ1) is 20.5. The molecule has 0 unspecified atom stereocenters. The van der Waals surface area contributed by atoms with E-state index in [0.29, 0.717) is 17.4 Å². The largest absolute Gasteiger partial charge is 0.497 e. The number of carbonyl (C=O) groups is 2. The van der Waals surface area contributed by atoms with Crippen molar-refractivity contribution < 1.29 is 14.3 Å². The van der Waals surface area contributed by atoms with E-state index in [9.17, 15) is 9.59 Å². The normalized spacial score (nSPS) is 26.3. The van der Waals surface area contributed by atoms with Crippen LogP contribution in [0.15, 0.2) is 48.5 Å². The van der Waals surface area contributed by atoms with E-state index in [1.165, 1.54) is 0 Å². The van der Waals surface area contributed by atoms with Crippen LogP contribution in [0.3, 0.4) is 0 Å². The SMILES string of the molecule is COc1ccc([C@@H]2[C@H](C(=O)N3C[C@H](C)C[C@H](C)C3)c3ccccc3C(=O)N2C)cc1. The summed E-state index contributed by atoms with van der Waals surface area (Å²) in [6, 6.07) is 14.9. The maximum absolute atomic E-state index is 13.9. The minimum absolute atomic E-state index is 0.0455. The first-order chi connectivity index (χ1) is 14.4. The van der Waals surface area contributed by atoms with Crippen LogP contribution in [0.5, 0.6) is 5.75 Å². The van der Waals surface area contributed by atoms with Crippen LogP contribution in [0.25, 0.3) is 0 Å². The number of rotatable bonds is 3. The number of benzene rings is 2. The molecule has 0 N–H and O–H groups in total. The van der Waals surface area contributed by atoms with Gasteiger partial charge in [0.05, 0.1) is 19.1 Å². The van der Waals surface area contributed by atoms with Gasteiger partial charge in [0.25, 0.3) is 5.91 Å². The molecule has 30 heavy (non-hydrogen) atoms. The molecule has 158 valence electrons. The molecule has 0 aromatic heterocycles. The highest BCUT2D eigenvalue weighted by Gasteiger charge is 2.44. The molecule has 2 aromatic carbocycles. The Bertz CT molecular complexity index is 930. The number of carbonyl (C=O) groups excluding carboxylic acids is 2. The fraction of sp³-hybridized carbons (Fsp3) is 0.440. The number of nitrogens with zero attached hydrogens (tertiary/aromatic N) is 2. The molecule has 0 saturated carbocycles. The highest BCUT2D eigenvalue weighted by atomic mass is 16.5. The van der Waals surface area contributed by atoms with Gasteiger partial charge in [-0.25, -0.2) is 0 Å². The number of ether oxygens (including phenoxy) is 1. The average molecular weight is 407 g/mol. The van der Waals surface area contributed by atoms with E-state index in [1.807, 2.05) is 53.4 Å². The number of piperidine rings is 1. The zero-order chi connectivity index (χ0) is 21.4. The van der Waals surface area contributed by atoms with Crippen LogP contribution in [0.2, 0.25) is 0 Å². The van der Waals surface area contributed by atoms with Gasteiger partial charge in [0.2, 0.25) is 5.91 Å². The lowest BCUT2D eigenvalue weighted by Gasteiger charge is -2.43. The lowest BCUT2D eigenvalue weighted by Crippen LogP contribution is -2.50. The smallest absolute Gasteiger partial charge is 0.254 e. The van der Waals surface area contributed by atoms with Crippen LogP contribution in [0.4, 0.5) is 0 Å². The first-order valence-electron chi connectivity index (χ1n) is 10.7. The van der Waals surface area contributed by atoms with Crippen molar-refractivity contribution in [2.24, 2.45) is 11.8 Å². The molecule has 2 amide bonds. The molecule has 4 atom stereocenters. The van der Waals surface area contributed by atoms with E-state index in [-0.39, 0.29) is 17.9 Å². The molecule has 0 radical (unpaired) electrons. The molecule has 0 bridgehead atoms. The molecule has 4 rings (SSSR count). The molecule has 5 nitrogen and oxygen atoms in total. The summed E-state index contributed by atoms with van der Waals surface area (Å²) in [6.07, 6.45) is 1.14. The molecule has 0 aliphatic carbocycles. The van der Waals surface area contributed by atoms with Crippen molar-refractivity contribution in [2.75, 3.05) is 27.2 Å². The summed E-state index contributed by atoms with van der Waals surface area (Å²) in [6.45, 7) is 5.96. The Labute approximate surface area is 178 Å². The number of methoxy groups -OCH3 is 1. The minimum Gasteiger partial charge on any atom is -0.497 e. The zero-order valence-electron chi connectivity index (χ0n) is 18.2. The van der Waals surface area contributed by atoms with Gasteiger partial charge in [0, 0.05) is 25.7 Å². The van der Waals surface area contributed by atoms with Crippen LogP contribution in [-0.4, -0.2) is 48.9 Å². The summed E-state index contributed by atoms with van der Waals surface area (Å²) < 4.78 is 5.30. The van der Waals surface area contributed by atoms with Crippen molar-refractivity contribution in [1.29, 1.82) is 0 Å². The second-order valence-corrected chi connectivity index (χ2v) is 8.89. The third kappa shape index (κ3) is 3.57. The van der Waals surface area contributed by atoms with Crippen LogP contribution < -0.4 is 4.74 Å². The van der Waals surface area contributed by atoms with Crippen molar-refractivity contribution in [3.63, 3.8) is 0 Å². The quantitative estimate of drug-likeness (QED) is 0.771. The molecule has 0 spiro atoms. The van der Waals surface area contributed by atoms with Crippen LogP contribution in [-0.2, 0) is 4.79 Å². The number of hydrogen-bond donors (Lipinski definition) is 0. The van der Waals surface area contributed by atoms with E-state index >= 15 is 0 Å². The topological polar surface area (TPSA) is 49.9 Å². The molecule has 2 aliphatic heterocycles. The van der Waals surface area contributed by atoms with Gasteiger partial charge in [-0.2, -0.15) is 0 Å². The second-order valence-electron chi connectivity index (χ2n) is 8.89. The zero-order valence-corrected chi connectivity index (χ0v) is 18.2. The van der Waals surface area contributed by atoms with E-state index in [4.69, 9.17) is 4.74 Å². The Kier molecular flexibility index (Phi) is 5.54. The van der Waals surface area contributed by atoms with Gasteiger partial charge in [-0.1, -0.05) is 44.2 Å². The minimum atomic E-state index is -0.421. The van der Waals surface area contributed by atoms with E-state index in [2.05, 4.69) is 13.8 Å². The molecule has 2 aliphatic rings. The van der Waals surface area contributed by atoms with Gasteiger partial charge in [-0.05, 0) is 47.6 Å². The fourth-order valence-electron chi connectivity index (χ4n) is 5.20. The Morgan fingerprint density at radius 2 is 1.63 bits per heavy atom. The number of likely N-dealkylation sites (N-methyl/N-ethyl adjacent to an activating group) is 1. The van der Waals surface area contributed by atoms with Crippen molar-refractivity contribution in [3.8, 4) is 5.75 Å². The Hall–Kier alpha value is -2.82. The summed E-state index contributed by atoms with van der Waals surface area (Å²) in [4.78, 5) is 30.8. The van der Waals surface area contributed by atoms with Crippen LogP contribution >= 0.6 is 0 Å². The summed E-state index contributed by atoms with van der Waals surface area (Å²) in [5.41, 5.74) is 2.40. The van der Waals surface area contributed by atoms with Crippen molar-refractivity contribution in [2.45, 2.75) is 32.2 Å². The number of amides is 2. The molecule has 1 saturated heterocycles. The molecule has 5 heteroatoms. The molecular weight excluding hydrogens is 376 g/mol. The summed E-state index contributed by atoms with van der Waals surface area (Å²) in [7, 11) is 3.43. The van der Waals surface area contributed by atoms with Gasteiger partial charge in [-0.15, -0.1) is 0 Å². The summed E-state index contributed by atoms with van der Waals surface area (Å²) in [5, 5.41) is 0. The highest BCUT2D eigenvalue weighted by Crippen LogP contribution is 2.43. The predicted molar refractivity (Wildman–Crippen MR) is 117 cm³/mol. The molecule has 2 aromatic rings. The van der Waals surface area contributed by atoms with Gasteiger partial charge in [0.15, 0.2) is 0 Å². The van der Waals surface area contributed by atoms with Crippen molar-refractivity contribution in [1.82, 2.24) is 9.80 Å². The maximum Gasteiger partial charge on any atom is 0.254 e. The molecule has 1 fully saturated rings. The van der Waals surface area contributed by atoms with Gasteiger partial charge < -0.3 is 14.5 Å². The van der Waals surface area contributed by atoms with E-state index in [0.717, 1.165) is 36.4 Å². The summed E-state index contributed by atoms with van der Waals surface area (Å²) in [5.74, 6) is 1.36. The maximum atomic E-state index is 13.9. The second kappa shape index (κ2) is 8.13. The summed E-state index contributed by atoms with van der Waals surface area (Å²) >= 11 is 0.